The molecule has 0 radical (unpaired) electrons. The average Bonchev–Trinajstić information content (AvgIpc) is 3.14. The van der Waals surface area contributed by atoms with Gasteiger partial charge in [0.1, 0.15) is 5.82 Å². The molecule has 140 valence electrons. The summed E-state index contributed by atoms with van der Waals surface area (Å²) in [6, 6.07) is 21.5. The first-order valence-corrected chi connectivity index (χ1v) is 9.36. The van der Waals surface area contributed by atoms with E-state index in [1.54, 1.807) is 12.1 Å². The number of carbonyl (C=O) groups is 1. The van der Waals surface area contributed by atoms with Crippen molar-refractivity contribution in [1.29, 1.82) is 0 Å². The summed E-state index contributed by atoms with van der Waals surface area (Å²) >= 11 is 6.46. The van der Waals surface area contributed by atoms with E-state index < -0.39 is 11.7 Å². The Balaban J connectivity index is 1.69. The lowest BCUT2D eigenvalue weighted by molar-refractivity contribution is 0.0948. The molecule has 4 aromatic rings. The number of carbonyl (C=O) groups excluding carboxylic acids is 1. The summed E-state index contributed by atoms with van der Waals surface area (Å²) in [6.07, 6.45) is 1.94. The molecule has 1 heterocycles. The van der Waals surface area contributed by atoms with Crippen LogP contribution in [0.4, 0.5) is 4.39 Å². The Morgan fingerprint density at radius 3 is 2.50 bits per heavy atom. The molecule has 0 unspecified atom stereocenters. The van der Waals surface area contributed by atoms with Crippen LogP contribution in [0.5, 0.6) is 0 Å². The minimum absolute atomic E-state index is 0.0272. The minimum atomic E-state index is -0.540. The van der Waals surface area contributed by atoms with E-state index in [0.29, 0.717) is 11.6 Å². The predicted molar refractivity (Wildman–Crippen MR) is 110 cm³/mol. The fraction of sp³-hybridized carbons (Fsp3) is 0.0870. The van der Waals surface area contributed by atoms with Gasteiger partial charge in [0, 0.05) is 34.6 Å². The van der Waals surface area contributed by atoms with Crippen LogP contribution in [-0.2, 0) is 0 Å². The number of para-hydroxylation sites is 1. The molecular weight excluding hydrogens is 375 g/mol. The SMILES string of the molecule is O=C(NC[C@H](c1ccccc1Cl)c1c[nH]c2ccccc12)c1ccccc1F. The quantitative estimate of drug-likeness (QED) is 0.461. The Labute approximate surface area is 167 Å². The van der Waals surface area contributed by atoms with Crippen LogP contribution < -0.4 is 5.32 Å². The number of H-pyrrole nitrogens is 1. The Morgan fingerprint density at radius 2 is 1.68 bits per heavy atom. The van der Waals surface area contributed by atoms with Gasteiger partial charge in [-0.2, -0.15) is 0 Å². The highest BCUT2D eigenvalue weighted by Crippen LogP contribution is 2.34. The Kier molecular flexibility index (Phi) is 5.13. The van der Waals surface area contributed by atoms with Crippen molar-refractivity contribution in [2.75, 3.05) is 6.54 Å². The van der Waals surface area contributed by atoms with Gasteiger partial charge in [0.2, 0.25) is 0 Å². The first kappa shape index (κ1) is 18.3. The van der Waals surface area contributed by atoms with Gasteiger partial charge in [-0.25, -0.2) is 4.39 Å². The number of fused-ring (bicyclic) bond motifs is 1. The molecule has 28 heavy (non-hydrogen) atoms. The average molecular weight is 393 g/mol. The largest absolute Gasteiger partial charge is 0.361 e. The molecule has 0 fully saturated rings. The summed E-state index contributed by atoms with van der Waals surface area (Å²) in [4.78, 5) is 15.8. The lowest BCUT2D eigenvalue weighted by Gasteiger charge is -2.19. The van der Waals surface area contributed by atoms with Gasteiger partial charge in [0.25, 0.3) is 5.91 Å². The van der Waals surface area contributed by atoms with Gasteiger partial charge in [-0.15, -0.1) is 0 Å². The molecule has 2 N–H and O–H groups in total. The molecule has 3 nitrogen and oxygen atoms in total. The standard InChI is InChI=1S/C23H18ClFN2O/c24-20-10-4-1-7-15(20)18(19-13-26-22-12-6-3-8-16(19)22)14-27-23(28)17-9-2-5-11-21(17)25/h1-13,18,26H,14H2,(H,27,28)/t18-/m1/s1. The van der Waals surface area contributed by atoms with Gasteiger partial charge in [-0.05, 0) is 35.4 Å². The summed E-state index contributed by atoms with van der Waals surface area (Å²) in [5.41, 5.74) is 2.97. The van der Waals surface area contributed by atoms with Crippen LogP contribution in [0.25, 0.3) is 10.9 Å². The highest BCUT2D eigenvalue weighted by molar-refractivity contribution is 6.31. The number of benzene rings is 3. The topological polar surface area (TPSA) is 44.9 Å². The highest BCUT2D eigenvalue weighted by Gasteiger charge is 2.22. The summed E-state index contributed by atoms with van der Waals surface area (Å²) in [7, 11) is 0. The number of aromatic nitrogens is 1. The van der Waals surface area contributed by atoms with E-state index in [0.717, 1.165) is 22.0 Å². The maximum Gasteiger partial charge on any atom is 0.254 e. The molecule has 0 saturated carbocycles. The molecule has 4 rings (SSSR count). The van der Waals surface area contributed by atoms with Gasteiger partial charge in [0.15, 0.2) is 0 Å². The number of halogens is 2. The van der Waals surface area contributed by atoms with Crippen LogP contribution in [0, 0.1) is 5.82 Å². The molecular formula is C23H18ClFN2O. The molecule has 0 bridgehead atoms. The number of nitrogens with one attached hydrogen (secondary N) is 2. The van der Waals surface area contributed by atoms with Crippen molar-refractivity contribution in [2.24, 2.45) is 0 Å². The monoisotopic (exact) mass is 392 g/mol. The molecule has 0 spiro atoms. The zero-order chi connectivity index (χ0) is 19.5. The minimum Gasteiger partial charge on any atom is -0.361 e. The summed E-state index contributed by atoms with van der Waals surface area (Å²) in [5.74, 6) is -1.17. The van der Waals surface area contributed by atoms with Gasteiger partial charge in [-0.1, -0.05) is 60.1 Å². The van der Waals surface area contributed by atoms with Crippen molar-refractivity contribution in [3.63, 3.8) is 0 Å². The molecule has 1 amide bonds. The number of hydrogen-bond acceptors (Lipinski definition) is 1. The maximum absolute atomic E-state index is 13.9. The Hall–Kier alpha value is -3.11. The van der Waals surface area contributed by atoms with Crippen LogP contribution in [0.3, 0.4) is 0 Å². The van der Waals surface area contributed by atoms with E-state index in [1.165, 1.54) is 12.1 Å². The smallest absolute Gasteiger partial charge is 0.254 e. The van der Waals surface area contributed by atoms with Crippen LogP contribution in [0.1, 0.15) is 27.4 Å². The third kappa shape index (κ3) is 3.51. The normalized spacial score (nSPS) is 12.1. The molecule has 1 atom stereocenters. The summed E-state index contributed by atoms with van der Waals surface area (Å²) < 4.78 is 13.9. The lowest BCUT2D eigenvalue weighted by Crippen LogP contribution is -2.29. The molecule has 3 aromatic carbocycles. The van der Waals surface area contributed by atoms with Crippen molar-refractivity contribution >= 4 is 28.4 Å². The fourth-order valence-corrected chi connectivity index (χ4v) is 3.73. The molecule has 0 aliphatic heterocycles. The van der Waals surface area contributed by atoms with E-state index in [1.807, 2.05) is 54.7 Å². The Bertz CT molecular complexity index is 1140. The van der Waals surface area contributed by atoms with E-state index in [-0.39, 0.29) is 11.5 Å². The maximum atomic E-state index is 13.9. The second-order valence-corrected chi connectivity index (χ2v) is 6.96. The van der Waals surface area contributed by atoms with Crippen molar-refractivity contribution in [3.8, 4) is 0 Å². The van der Waals surface area contributed by atoms with Crippen LogP contribution >= 0.6 is 11.6 Å². The van der Waals surface area contributed by atoms with Crippen LogP contribution in [0.15, 0.2) is 79.0 Å². The van der Waals surface area contributed by atoms with Gasteiger partial charge >= 0.3 is 0 Å². The lowest BCUT2D eigenvalue weighted by atomic mass is 9.90. The van der Waals surface area contributed by atoms with Crippen molar-refractivity contribution in [1.82, 2.24) is 10.3 Å². The van der Waals surface area contributed by atoms with Crippen LogP contribution in [0.2, 0.25) is 5.02 Å². The first-order valence-electron chi connectivity index (χ1n) is 8.98. The van der Waals surface area contributed by atoms with E-state index in [2.05, 4.69) is 10.3 Å². The van der Waals surface area contributed by atoms with E-state index in [4.69, 9.17) is 11.6 Å². The predicted octanol–water partition coefficient (Wildman–Crippen LogP) is 5.52. The summed E-state index contributed by atoms with van der Waals surface area (Å²) in [6.45, 7) is 0.290. The number of amides is 1. The molecule has 0 aliphatic carbocycles. The molecule has 0 aliphatic rings. The molecule has 1 aromatic heterocycles. The molecule has 5 heteroatoms. The number of rotatable bonds is 5. The van der Waals surface area contributed by atoms with Crippen LogP contribution in [-0.4, -0.2) is 17.4 Å². The second kappa shape index (κ2) is 7.87. The number of hydrogen-bond donors (Lipinski definition) is 2. The van der Waals surface area contributed by atoms with Crippen molar-refractivity contribution < 1.29 is 9.18 Å². The third-order valence-electron chi connectivity index (χ3n) is 4.86. The van der Waals surface area contributed by atoms with Gasteiger partial charge in [0.05, 0.1) is 5.56 Å². The summed E-state index contributed by atoms with van der Waals surface area (Å²) in [5, 5.41) is 4.55. The first-order chi connectivity index (χ1) is 13.6. The second-order valence-electron chi connectivity index (χ2n) is 6.55. The zero-order valence-electron chi connectivity index (χ0n) is 15.0. The van der Waals surface area contributed by atoms with Crippen molar-refractivity contribution in [3.05, 3.63) is 107 Å². The Morgan fingerprint density at radius 1 is 0.964 bits per heavy atom. The number of aromatic amines is 1. The van der Waals surface area contributed by atoms with Gasteiger partial charge < -0.3 is 10.3 Å². The highest BCUT2D eigenvalue weighted by atomic mass is 35.5. The fourth-order valence-electron chi connectivity index (χ4n) is 3.46. The molecule has 0 saturated heterocycles. The van der Waals surface area contributed by atoms with Gasteiger partial charge in [-0.3, -0.25) is 4.79 Å². The van der Waals surface area contributed by atoms with E-state index in [9.17, 15) is 9.18 Å². The third-order valence-corrected chi connectivity index (χ3v) is 5.21. The zero-order valence-corrected chi connectivity index (χ0v) is 15.7. The van der Waals surface area contributed by atoms with E-state index >= 15 is 0 Å². The van der Waals surface area contributed by atoms with Crippen molar-refractivity contribution in [2.45, 2.75) is 5.92 Å².